The molecule has 0 amide bonds. The highest BCUT2D eigenvalue weighted by Gasteiger charge is 2.48. The van der Waals surface area contributed by atoms with Gasteiger partial charge in [0.2, 0.25) is 0 Å². The minimum atomic E-state index is -4.72. The highest BCUT2D eigenvalue weighted by atomic mass is 19.4. The van der Waals surface area contributed by atoms with Crippen LogP contribution in [0.5, 0.6) is 0 Å². The largest absolute Gasteiger partial charge is 0.419 e. The first-order chi connectivity index (χ1) is 7.41. The van der Waals surface area contributed by atoms with Crippen molar-refractivity contribution in [3.8, 4) is 6.07 Å². The number of nitriles is 1. The first-order valence-corrected chi connectivity index (χ1v) is 4.68. The molecule has 0 heterocycles. The summed E-state index contributed by atoms with van der Waals surface area (Å²) in [6, 6.07) is 4.96. The van der Waals surface area contributed by atoms with Crippen molar-refractivity contribution in [3.05, 3.63) is 35.1 Å². The molecular weight excluding hydrogens is 222 g/mol. The van der Waals surface area contributed by atoms with Crippen LogP contribution in [0.1, 0.15) is 24.0 Å². The Morgan fingerprint density at radius 3 is 2.31 bits per heavy atom. The van der Waals surface area contributed by atoms with E-state index in [0.29, 0.717) is 18.9 Å². The van der Waals surface area contributed by atoms with Gasteiger partial charge in [-0.1, -0.05) is 12.1 Å². The van der Waals surface area contributed by atoms with Crippen molar-refractivity contribution in [2.45, 2.75) is 24.4 Å². The van der Waals surface area contributed by atoms with Crippen LogP contribution in [-0.4, -0.2) is 0 Å². The molecule has 0 atom stereocenters. The van der Waals surface area contributed by atoms with Crippen molar-refractivity contribution in [1.82, 2.24) is 0 Å². The highest BCUT2D eigenvalue weighted by molar-refractivity contribution is 5.42. The fourth-order valence-electron chi connectivity index (χ4n) is 1.69. The molecule has 1 saturated carbocycles. The van der Waals surface area contributed by atoms with Gasteiger partial charge in [0.05, 0.1) is 17.0 Å². The number of hydrogen-bond acceptors (Lipinski definition) is 1. The summed E-state index contributed by atoms with van der Waals surface area (Å²) in [5.41, 5.74) is -2.47. The molecule has 0 radical (unpaired) electrons. The molecule has 5 heteroatoms. The fraction of sp³-hybridized carbons (Fsp3) is 0.364. The number of alkyl halides is 3. The van der Waals surface area contributed by atoms with E-state index >= 15 is 0 Å². The number of hydrogen-bond donors (Lipinski definition) is 0. The minimum Gasteiger partial charge on any atom is -0.206 e. The summed E-state index contributed by atoms with van der Waals surface area (Å²) in [6.07, 6.45) is -3.88. The molecule has 84 valence electrons. The maximum absolute atomic E-state index is 13.6. The highest BCUT2D eigenvalue weighted by Crippen LogP contribution is 2.49. The number of nitrogens with zero attached hydrogens (tertiary/aromatic N) is 1. The molecule has 1 aliphatic carbocycles. The molecule has 0 unspecified atom stereocenters. The van der Waals surface area contributed by atoms with Crippen LogP contribution in [0.15, 0.2) is 18.2 Å². The first kappa shape index (κ1) is 10.9. The quantitative estimate of drug-likeness (QED) is 0.677. The third kappa shape index (κ3) is 1.54. The van der Waals surface area contributed by atoms with E-state index < -0.39 is 23.0 Å². The molecule has 2 rings (SSSR count). The van der Waals surface area contributed by atoms with Crippen LogP contribution >= 0.6 is 0 Å². The van der Waals surface area contributed by atoms with Crippen LogP contribution < -0.4 is 0 Å². The first-order valence-electron chi connectivity index (χ1n) is 4.68. The van der Waals surface area contributed by atoms with Crippen molar-refractivity contribution in [1.29, 1.82) is 5.26 Å². The lowest BCUT2D eigenvalue weighted by atomic mass is 9.95. The van der Waals surface area contributed by atoms with E-state index in [2.05, 4.69) is 0 Å². The van der Waals surface area contributed by atoms with Gasteiger partial charge in [-0.05, 0) is 18.9 Å². The summed E-state index contributed by atoms with van der Waals surface area (Å²) in [7, 11) is 0. The zero-order valence-electron chi connectivity index (χ0n) is 8.11. The lowest BCUT2D eigenvalue weighted by Crippen LogP contribution is -2.13. The Balaban J connectivity index is 2.55. The second-order valence-electron chi connectivity index (χ2n) is 3.86. The Morgan fingerprint density at radius 1 is 1.25 bits per heavy atom. The summed E-state index contributed by atoms with van der Waals surface area (Å²) in [4.78, 5) is 0. The van der Waals surface area contributed by atoms with Gasteiger partial charge in [0.1, 0.15) is 5.82 Å². The number of benzene rings is 1. The van der Waals surface area contributed by atoms with Gasteiger partial charge in [-0.25, -0.2) is 4.39 Å². The Morgan fingerprint density at radius 2 is 1.88 bits per heavy atom. The molecule has 1 fully saturated rings. The standard InChI is InChI=1S/C11H7F4N/c12-9-7(10(6-16)4-5-10)2-1-3-8(9)11(13,14)15/h1-3H,4-5H2. The van der Waals surface area contributed by atoms with E-state index in [1.54, 1.807) is 0 Å². The van der Waals surface area contributed by atoms with E-state index in [1.165, 1.54) is 6.07 Å². The van der Waals surface area contributed by atoms with Crippen molar-refractivity contribution in [2.75, 3.05) is 0 Å². The van der Waals surface area contributed by atoms with Gasteiger partial charge in [-0.3, -0.25) is 0 Å². The van der Waals surface area contributed by atoms with Gasteiger partial charge in [-0.15, -0.1) is 0 Å². The minimum absolute atomic E-state index is 0.134. The second kappa shape index (κ2) is 3.21. The summed E-state index contributed by atoms with van der Waals surface area (Å²) < 4.78 is 50.9. The molecule has 0 spiro atoms. The van der Waals surface area contributed by atoms with E-state index in [-0.39, 0.29) is 5.56 Å². The van der Waals surface area contributed by atoms with Gasteiger partial charge in [0.25, 0.3) is 0 Å². The summed E-state index contributed by atoms with van der Waals surface area (Å²) >= 11 is 0. The molecule has 0 aromatic heterocycles. The Kier molecular flexibility index (Phi) is 2.19. The zero-order valence-corrected chi connectivity index (χ0v) is 8.11. The fourth-order valence-corrected chi connectivity index (χ4v) is 1.69. The average Bonchev–Trinajstić information content (AvgIpc) is 2.97. The molecule has 0 aliphatic heterocycles. The van der Waals surface area contributed by atoms with Crippen molar-refractivity contribution in [2.24, 2.45) is 0 Å². The maximum atomic E-state index is 13.6. The third-order valence-electron chi connectivity index (χ3n) is 2.78. The molecule has 1 nitrogen and oxygen atoms in total. The monoisotopic (exact) mass is 229 g/mol. The van der Waals surface area contributed by atoms with Gasteiger partial charge in [0, 0.05) is 5.56 Å². The molecule has 1 aromatic rings. The molecule has 0 saturated heterocycles. The van der Waals surface area contributed by atoms with Gasteiger partial charge in [-0.2, -0.15) is 18.4 Å². The normalized spacial score (nSPS) is 17.9. The topological polar surface area (TPSA) is 23.8 Å². The lowest BCUT2D eigenvalue weighted by Gasteiger charge is -2.13. The Bertz CT molecular complexity index is 466. The Labute approximate surface area is 89.3 Å². The lowest BCUT2D eigenvalue weighted by molar-refractivity contribution is -0.140. The molecular formula is C11H7F4N. The summed E-state index contributed by atoms with van der Waals surface area (Å²) in [5, 5.41) is 8.83. The van der Waals surface area contributed by atoms with Crippen LogP contribution in [0.25, 0.3) is 0 Å². The van der Waals surface area contributed by atoms with Crippen molar-refractivity contribution >= 4 is 0 Å². The molecule has 0 bridgehead atoms. The maximum Gasteiger partial charge on any atom is 0.419 e. The summed E-state index contributed by atoms with van der Waals surface area (Å²) in [5.74, 6) is -1.31. The summed E-state index contributed by atoms with van der Waals surface area (Å²) in [6.45, 7) is 0. The van der Waals surface area contributed by atoms with Crippen molar-refractivity contribution < 1.29 is 17.6 Å². The van der Waals surface area contributed by atoms with Crippen molar-refractivity contribution in [3.63, 3.8) is 0 Å². The SMILES string of the molecule is N#CC1(c2cccc(C(F)(F)F)c2F)CC1. The van der Waals surface area contributed by atoms with Crippen LogP contribution in [0.2, 0.25) is 0 Å². The smallest absolute Gasteiger partial charge is 0.206 e. The van der Waals surface area contributed by atoms with E-state index in [9.17, 15) is 17.6 Å². The van der Waals surface area contributed by atoms with E-state index in [4.69, 9.17) is 5.26 Å². The van der Waals surface area contributed by atoms with Crippen LogP contribution in [0.4, 0.5) is 17.6 Å². The van der Waals surface area contributed by atoms with Gasteiger partial charge < -0.3 is 0 Å². The van der Waals surface area contributed by atoms with Gasteiger partial charge in [0.15, 0.2) is 0 Å². The van der Waals surface area contributed by atoms with Crippen LogP contribution in [0, 0.1) is 17.1 Å². The average molecular weight is 229 g/mol. The predicted octanol–water partition coefficient (Wildman–Crippen LogP) is 3.40. The van der Waals surface area contributed by atoms with Gasteiger partial charge >= 0.3 is 6.18 Å². The Hall–Kier alpha value is -1.57. The van der Waals surface area contributed by atoms with E-state index in [1.807, 2.05) is 6.07 Å². The number of halogens is 4. The van der Waals surface area contributed by atoms with E-state index in [0.717, 1.165) is 6.07 Å². The molecule has 16 heavy (non-hydrogen) atoms. The molecule has 1 aliphatic rings. The number of rotatable bonds is 1. The second-order valence-corrected chi connectivity index (χ2v) is 3.86. The predicted molar refractivity (Wildman–Crippen MR) is 47.9 cm³/mol. The van der Waals surface area contributed by atoms with Crippen LogP contribution in [-0.2, 0) is 11.6 Å². The molecule has 0 N–H and O–H groups in total. The third-order valence-corrected chi connectivity index (χ3v) is 2.78. The zero-order chi connectivity index (χ0) is 12.0. The van der Waals surface area contributed by atoms with Crippen LogP contribution in [0.3, 0.4) is 0 Å². The molecule has 1 aromatic carbocycles.